The van der Waals surface area contributed by atoms with Crippen LogP contribution in [-0.4, -0.2) is 31.4 Å². The number of amides is 1. The smallest absolute Gasteiger partial charge is 0.233 e. The van der Waals surface area contributed by atoms with Gasteiger partial charge in [-0.05, 0) is 24.7 Å². The molecule has 1 aromatic rings. The summed E-state index contributed by atoms with van der Waals surface area (Å²) in [7, 11) is 3.38. The zero-order valence-electron chi connectivity index (χ0n) is 9.26. The summed E-state index contributed by atoms with van der Waals surface area (Å²) in [4.78, 5) is 12.9. The number of hydrogen-bond acceptors (Lipinski definition) is 2. The van der Waals surface area contributed by atoms with Gasteiger partial charge in [-0.1, -0.05) is 17.7 Å². The van der Waals surface area contributed by atoms with Crippen LogP contribution < -0.4 is 5.32 Å². The van der Waals surface area contributed by atoms with Crippen LogP contribution in [0.2, 0.25) is 5.02 Å². The minimum Gasteiger partial charge on any atom is -0.358 e. The van der Waals surface area contributed by atoms with E-state index in [9.17, 15) is 9.18 Å². The Balaban J connectivity index is 2.62. The van der Waals surface area contributed by atoms with Crippen molar-refractivity contribution in [1.29, 1.82) is 0 Å². The molecule has 3 nitrogen and oxygen atoms in total. The minimum atomic E-state index is -0.359. The molecule has 0 unspecified atom stereocenters. The van der Waals surface area contributed by atoms with Gasteiger partial charge >= 0.3 is 0 Å². The maximum absolute atomic E-state index is 12.8. The van der Waals surface area contributed by atoms with Crippen molar-refractivity contribution in [2.24, 2.45) is 0 Å². The highest BCUT2D eigenvalue weighted by Crippen LogP contribution is 2.18. The van der Waals surface area contributed by atoms with E-state index in [0.29, 0.717) is 11.6 Å². The van der Waals surface area contributed by atoms with Crippen LogP contribution in [0, 0.1) is 5.82 Å². The first kappa shape index (κ1) is 12.9. The first-order valence-electron chi connectivity index (χ1n) is 4.86. The third kappa shape index (κ3) is 3.79. The molecule has 0 aliphatic heterocycles. The highest BCUT2D eigenvalue weighted by atomic mass is 35.5. The summed E-state index contributed by atoms with van der Waals surface area (Å²) < 4.78 is 12.8. The number of benzene rings is 1. The number of rotatable bonds is 4. The molecule has 0 saturated heterocycles. The molecule has 16 heavy (non-hydrogen) atoms. The van der Waals surface area contributed by atoms with Crippen LogP contribution in [0.5, 0.6) is 0 Å². The Labute approximate surface area is 99.2 Å². The van der Waals surface area contributed by atoms with E-state index >= 15 is 0 Å². The number of nitrogens with one attached hydrogen (secondary N) is 1. The van der Waals surface area contributed by atoms with Crippen molar-refractivity contribution in [2.75, 3.05) is 20.6 Å². The molecule has 0 saturated carbocycles. The average molecular weight is 245 g/mol. The van der Waals surface area contributed by atoms with Gasteiger partial charge in [0.05, 0.1) is 6.54 Å². The van der Waals surface area contributed by atoms with Crippen LogP contribution in [0.3, 0.4) is 0 Å². The van der Waals surface area contributed by atoms with Gasteiger partial charge in [0.1, 0.15) is 5.82 Å². The van der Waals surface area contributed by atoms with Crippen LogP contribution in [0.1, 0.15) is 5.56 Å². The predicted molar refractivity (Wildman–Crippen MR) is 61.8 cm³/mol. The van der Waals surface area contributed by atoms with Gasteiger partial charge < -0.3 is 5.32 Å². The Hall–Kier alpha value is -1.13. The summed E-state index contributed by atoms with van der Waals surface area (Å²) in [6.45, 7) is 0.788. The molecule has 1 aromatic carbocycles. The second-order valence-corrected chi connectivity index (χ2v) is 3.99. The molecule has 0 atom stereocenters. The third-order valence-electron chi connectivity index (χ3n) is 2.15. The van der Waals surface area contributed by atoms with Gasteiger partial charge in [-0.25, -0.2) is 4.39 Å². The second kappa shape index (κ2) is 5.82. The van der Waals surface area contributed by atoms with E-state index in [2.05, 4.69) is 5.32 Å². The fraction of sp³-hybridized carbons (Fsp3) is 0.364. The standard InChI is InChI=1S/C11H14ClFN2O/c1-14-11(16)7-15(2)6-8-3-4-9(13)5-10(8)12/h3-5H,6-7H2,1-2H3,(H,14,16). The Kier molecular flexibility index (Phi) is 4.71. The van der Waals surface area contributed by atoms with Crippen molar-refractivity contribution in [1.82, 2.24) is 10.2 Å². The monoisotopic (exact) mass is 244 g/mol. The largest absolute Gasteiger partial charge is 0.358 e. The fourth-order valence-corrected chi connectivity index (χ4v) is 1.55. The summed E-state index contributed by atoms with van der Waals surface area (Å²) in [6, 6.07) is 4.25. The summed E-state index contributed by atoms with van der Waals surface area (Å²) in [6.07, 6.45) is 0. The summed E-state index contributed by atoms with van der Waals surface area (Å²) in [5.41, 5.74) is 0.800. The van der Waals surface area contributed by atoms with E-state index in [1.165, 1.54) is 12.1 Å². The van der Waals surface area contributed by atoms with Crippen molar-refractivity contribution in [2.45, 2.75) is 6.54 Å². The summed E-state index contributed by atoms with van der Waals surface area (Å²) >= 11 is 5.88. The summed E-state index contributed by atoms with van der Waals surface area (Å²) in [5.74, 6) is -0.427. The molecule has 0 heterocycles. The van der Waals surface area contributed by atoms with Gasteiger partial charge in [-0.15, -0.1) is 0 Å². The molecule has 0 fully saturated rings. The highest BCUT2D eigenvalue weighted by molar-refractivity contribution is 6.31. The maximum atomic E-state index is 12.8. The molecule has 0 spiro atoms. The average Bonchev–Trinajstić information content (AvgIpc) is 2.22. The fourth-order valence-electron chi connectivity index (χ4n) is 1.32. The first-order valence-corrected chi connectivity index (χ1v) is 5.23. The SMILES string of the molecule is CNC(=O)CN(C)Cc1ccc(F)cc1Cl. The summed E-state index contributed by atoms with van der Waals surface area (Å²) in [5, 5.41) is 2.91. The molecule has 1 amide bonds. The molecular formula is C11H14ClFN2O. The molecule has 0 aromatic heterocycles. The van der Waals surface area contributed by atoms with Crippen LogP contribution in [0.4, 0.5) is 4.39 Å². The predicted octanol–water partition coefficient (Wildman–Crippen LogP) is 1.66. The molecule has 0 aliphatic carbocycles. The van der Waals surface area contributed by atoms with Crippen LogP contribution >= 0.6 is 11.6 Å². The zero-order chi connectivity index (χ0) is 12.1. The lowest BCUT2D eigenvalue weighted by Gasteiger charge is -2.16. The van der Waals surface area contributed by atoms with Crippen molar-refractivity contribution >= 4 is 17.5 Å². The first-order chi connectivity index (χ1) is 7.52. The minimum absolute atomic E-state index is 0.0688. The van der Waals surface area contributed by atoms with Gasteiger partial charge in [0.25, 0.3) is 0 Å². The Morgan fingerprint density at radius 1 is 1.56 bits per heavy atom. The second-order valence-electron chi connectivity index (χ2n) is 3.58. The van der Waals surface area contributed by atoms with Gasteiger partial charge in [0.2, 0.25) is 5.91 Å². The quantitative estimate of drug-likeness (QED) is 0.874. The van der Waals surface area contributed by atoms with E-state index in [0.717, 1.165) is 5.56 Å². The van der Waals surface area contributed by atoms with Crippen molar-refractivity contribution in [3.05, 3.63) is 34.6 Å². The zero-order valence-corrected chi connectivity index (χ0v) is 10.0. The van der Waals surface area contributed by atoms with Gasteiger partial charge in [0.15, 0.2) is 0 Å². The molecule has 0 radical (unpaired) electrons. The van der Waals surface area contributed by atoms with E-state index < -0.39 is 0 Å². The normalized spacial score (nSPS) is 10.6. The molecule has 5 heteroatoms. The third-order valence-corrected chi connectivity index (χ3v) is 2.50. The maximum Gasteiger partial charge on any atom is 0.233 e. The number of carbonyl (C=O) groups is 1. The van der Waals surface area contributed by atoms with Crippen molar-refractivity contribution < 1.29 is 9.18 Å². The number of likely N-dealkylation sites (N-methyl/N-ethyl adjacent to an activating group) is 2. The number of halogens is 2. The van der Waals surface area contributed by atoms with Gasteiger partial charge in [-0.2, -0.15) is 0 Å². The van der Waals surface area contributed by atoms with Gasteiger partial charge in [-0.3, -0.25) is 9.69 Å². The lowest BCUT2D eigenvalue weighted by atomic mass is 10.2. The molecule has 88 valence electrons. The van der Waals surface area contributed by atoms with Crippen LogP contribution in [-0.2, 0) is 11.3 Å². The lowest BCUT2D eigenvalue weighted by molar-refractivity contribution is -0.121. The molecule has 1 N–H and O–H groups in total. The number of carbonyl (C=O) groups excluding carboxylic acids is 1. The number of nitrogens with zero attached hydrogens (tertiary/aromatic N) is 1. The van der Waals surface area contributed by atoms with E-state index in [-0.39, 0.29) is 18.3 Å². The van der Waals surface area contributed by atoms with Crippen molar-refractivity contribution in [3.63, 3.8) is 0 Å². The molecule has 0 bridgehead atoms. The Bertz CT molecular complexity index is 384. The lowest BCUT2D eigenvalue weighted by Crippen LogP contribution is -2.32. The Morgan fingerprint density at radius 2 is 2.25 bits per heavy atom. The number of hydrogen-bond donors (Lipinski definition) is 1. The van der Waals surface area contributed by atoms with Crippen LogP contribution in [0.25, 0.3) is 0 Å². The van der Waals surface area contributed by atoms with E-state index in [1.807, 2.05) is 0 Å². The molecule has 1 rings (SSSR count). The van der Waals surface area contributed by atoms with E-state index in [4.69, 9.17) is 11.6 Å². The highest BCUT2D eigenvalue weighted by Gasteiger charge is 2.08. The Morgan fingerprint density at radius 3 is 2.81 bits per heavy atom. The topological polar surface area (TPSA) is 32.3 Å². The van der Waals surface area contributed by atoms with Crippen molar-refractivity contribution in [3.8, 4) is 0 Å². The van der Waals surface area contributed by atoms with Crippen LogP contribution in [0.15, 0.2) is 18.2 Å². The molecule has 0 aliphatic rings. The van der Waals surface area contributed by atoms with Gasteiger partial charge in [0, 0.05) is 18.6 Å². The van der Waals surface area contributed by atoms with E-state index in [1.54, 1.807) is 25.1 Å². The molecular weight excluding hydrogens is 231 g/mol.